The zero-order valence-electron chi connectivity index (χ0n) is 14.3. The number of hydrogen-bond donors (Lipinski definition) is 2. The van der Waals surface area contributed by atoms with Crippen LogP contribution >= 0.6 is 11.6 Å². The van der Waals surface area contributed by atoms with Gasteiger partial charge in [-0.25, -0.2) is 0 Å². The van der Waals surface area contributed by atoms with Crippen molar-refractivity contribution in [1.82, 2.24) is 5.32 Å². The van der Waals surface area contributed by atoms with Gasteiger partial charge in [0.2, 0.25) is 0 Å². The summed E-state index contributed by atoms with van der Waals surface area (Å²) < 4.78 is 5.20. The van der Waals surface area contributed by atoms with E-state index in [0.29, 0.717) is 34.1 Å². The molecular weight excluding hydrogens is 340 g/mol. The van der Waals surface area contributed by atoms with Gasteiger partial charge in [-0.2, -0.15) is 0 Å². The Morgan fingerprint density at radius 3 is 2.56 bits per heavy atom. The van der Waals surface area contributed by atoms with Crippen LogP contribution in [0.15, 0.2) is 42.5 Å². The van der Waals surface area contributed by atoms with Gasteiger partial charge < -0.3 is 15.4 Å². The first kappa shape index (κ1) is 18.8. The molecule has 0 fully saturated rings. The number of amides is 2. The molecule has 2 amide bonds. The molecule has 2 aromatic carbocycles. The van der Waals surface area contributed by atoms with Crippen molar-refractivity contribution >= 4 is 29.1 Å². The van der Waals surface area contributed by atoms with Gasteiger partial charge in [0, 0.05) is 11.6 Å². The lowest BCUT2D eigenvalue weighted by molar-refractivity contribution is 0.0954. The van der Waals surface area contributed by atoms with E-state index >= 15 is 0 Å². The third kappa shape index (κ3) is 4.97. The standard InChI is InChI=1S/C19H21ClN2O3/c1-3-4-11-21-18(23)14-7-5-6-8-16(14)22-19(24)15-12-13(20)9-10-17(15)25-2/h5-10,12H,3-4,11H2,1-2H3,(H,21,23)(H,22,24). The van der Waals surface area contributed by atoms with Gasteiger partial charge >= 0.3 is 0 Å². The number of carbonyl (C=O) groups excluding carboxylic acids is 2. The highest BCUT2D eigenvalue weighted by Crippen LogP contribution is 2.24. The molecule has 2 aromatic rings. The van der Waals surface area contributed by atoms with Crippen LogP contribution in [-0.2, 0) is 0 Å². The van der Waals surface area contributed by atoms with Crippen LogP contribution in [-0.4, -0.2) is 25.5 Å². The monoisotopic (exact) mass is 360 g/mol. The Balaban J connectivity index is 2.22. The Labute approximate surface area is 152 Å². The minimum absolute atomic E-state index is 0.220. The molecule has 0 aliphatic heterocycles. The van der Waals surface area contributed by atoms with E-state index in [1.165, 1.54) is 13.2 Å². The van der Waals surface area contributed by atoms with Crippen molar-refractivity contribution < 1.29 is 14.3 Å². The van der Waals surface area contributed by atoms with E-state index in [9.17, 15) is 9.59 Å². The molecule has 0 aromatic heterocycles. The van der Waals surface area contributed by atoms with Gasteiger partial charge in [-0.05, 0) is 36.8 Å². The summed E-state index contributed by atoms with van der Waals surface area (Å²) in [7, 11) is 1.48. The third-order valence-corrected chi connectivity index (χ3v) is 3.88. The van der Waals surface area contributed by atoms with E-state index in [-0.39, 0.29) is 5.91 Å². The highest BCUT2D eigenvalue weighted by Gasteiger charge is 2.17. The van der Waals surface area contributed by atoms with Crippen LogP contribution in [0, 0.1) is 0 Å². The van der Waals surface area contributed by atoms with Crippen molar-refractivity contribution in [2.24, 2.45) is 0 Å². The molecule has 0 saturated heterocycles. The predicted octanol–water partition coefficient (Wildman–Crippen LogP) is 4.13. The summed E-state index contributed by atoms with van der Waals surface area (Å²) in [6, 6.07) is 11.7. The molecule has 0 aliphatic rings. The first-order valence-corrected chi connectivity index (χ1v) is 8.46. The SMILES string of the molecule is CCCCNC(=O)c1ccccc1NC(=O)c1cc(Cl)ccc1OC. The Bertz CT molecular complexity index is 762. The molecule has 0 heterocycles. The average molecular weight is 361 g/mol. The van der Waals surface area contributed by atoms with E-state index in [4.69, 9.17) is 16.3 Å². The van der Waals surface area contributed by atoms with Gasteiger partial charge in [0.05, 0.1) is 23.9 Å². The summed E-state index contributed by atoms with van der Waals surface area (Å²) in [5.74, 6) is -0.206. The highest BCUT2D eigenvalue weighted by atomic mass is 35.5. The minimum atomic E-state index is -0.395. The second-order valence-corrected chi connectivity index (χ2v) is 5.89. The van der Waals surface area contributed by atoms with Crippen LogP contribution in [0.3, 0.4) is 0 Å². The molecule has 0 aliphatic carbocycles. The Kier molecular flexibility index (Phi) is 6.83. The molecule has 0 atom stereocenters. The van der Waals surface area contributed by atoms with Gasteiger partial charge in [0.25, 0.3) is 11.8 Å². The lowest BCUT2D eigenvalue weighted by atomic mass is 10.1. The number of anilines is 1. The molecule has 25 heavy (non-hydrogen) atoms. The van der Waals surface area contributed by atoms with Crippen molar-refractivity contribution in [2.75, 3.05) is 19.0 Å². The average Bonchev–Trinajstić information content (AvgIpc) is 2.62. The Hall–Kier alpha value is -2.53. The van der Waals surface area contributed by atoms with Crippen molar-refractivity contribution in [2.45, 2.75) is 19.8 Å². The van der Waals surface area contributed by atoms with Crippen molar-refractivity contribution in [1.29, 1.82) is 0 Å². The minimum Gasteiger partial charge on any atom is -0.496 e. The van der Waals surface area contributed by atoms with Crippen LogP contribution in [0.25, 0.3) is 0 Å². The quantitative estimate of drug-likeness (QED) is 0.729. The van der Waals surface area contributed by atoms with Crippen molar-refractivity contribution in [3.8, 4) is 5.75 Å². The number of unbranched alkanes of at least 4 members (excludes halogenated alkanes) is 1. The van der Waals surface area contributed by atoms with Crippen LogP contribution in [0.4, 0.5) is 5.69 Å². The number of carbonyl (C=O) groups is 2. The maximum absolute atomic E-state index is 12.6. The van der Waals surface area contributed by atoms with Crippen LogP contribution in [0.1, 0.15) is 40.5 Å². The number of para-hydroxylation sites is 1. The van der Waals surface area contributed by atoms with E-state index in [0.717, 1.165) is 12.8 Å². The lowest BCUT2D eigenvalue weighted by Gasteiger charge is -2.13. The largest absolute Gasteiger partial charge is 0.496 e. The molecular formula is C19H21ClN2O3. The summed E-state index contributed by atoms with van der Waals surface area (Å²) in [6.07, 6.45) is 1.90. The van der Waals surface area contributed by atoms with Gasteiger partial charge in [-0.3, -0.25) is 9.59 Å². The fourth-order valence-corrected chi connectivity index (χ4v) is 2.48. The smallest absolute Gasteiger partial charge is 0.259 e. The number of ether oxygens (including phenoxy) is 1. The van der Waals surface area contributed by atoms with Gasteiger partial charge in [-0.15, -0.1) is 0 Å². The normalized spacial score (nSPS) is 10.2. The third-order valence-electron chi connectivity index (χ3n) is 3.64. The maximum atomic E-state index is 12.6. The molecule has 0 bridgehead atoms. The molecule has 0 saturated carbocycles. The number of halogens is 1. The topological polar surface area (TPSA) is 67.4 Å². The van der Waals surface area contributed by atoms with Crippen LogP contribution < -0.4 is 15.4 Å². The maximum Gasteiger partial charge on any atom is 0.259 e. The van der Waals surface area contributed by atoms with Crippen molar-refractivity contribution in [3.05, 3.63) is 58.6 Å². The number of rotatable bonds is 7. The Morgan fingerprint density at radius 1 is 1.08 bits per heavy atom. The molecule has 0 spiro atoms. The van der Waals surface area contributed by atoms with Crippen molar-refractivity contribution in [3.63, 3.8) is 0 Å². The summed E-state index contributed by atoms with van der Waals surface area (Å²) in [6.45, 7) is 2.65. The molecule has 0 radical (unpaired) electrons. The first-order valence-electron chi connectivity index (χ1n) is 8.09. The van der Waals surface area contributed by atoms with Gasteiger partial charge in [0.1, 0.15) is 5.75 Å². The summed E-state index contributed by atoms with van der Waals surface area (Å²) in [4.78, 5) is 24.9. The number of benzene rings is 2. The zero-order valence-corrected chi connectivity index (χ0v) is 15.0. The fraction of sp³-hybridized carbons (Fsp3) is 0.263. The molecule has 132 valence electrons. The van der Waals surface area contributed by atoms with Crippen LogP contribution in [0.5, 0.6) is 5.75 Å². The molecule has 0 unspecified atom stereocenters. The van der Waals surface area contributed by atoms with Gasteiger partial charge in [-0.1, -0.05) is 37.1 Å². The molecule has 2 rings (SSSR count). The molecule has 6 heteroatoms. The number of methoxy groups -OCH3 is 1. The van der Waals surface area contributed by atoms with E-state index < -0.39 is 5.91 Å². The van der Waals surface area contributed by atoms with E-state index in [2.05, 4.69) is 17.6 Å². The molecule has 2 N–H and O–H groups in total. The number of nitrogens with one attached hydrogen (secondary N) is 2. The highest BCUT2D eigenvalue weighted by molar-refractivity contribution is 6.31. The van der Waals surface area contributed by atoms with E-state index in [1.54, 1.807) is 36.4 Å². The molecule has 5 nitrogen and oxygen atoms in total. The Morgan fingerprint density at radius 2 is 1.84 bits per heavy atom. The summed E-state index contributed by atoms with van der Waals surface area (Å²) in [5.41, 5.74) is 1.15. The second kappa shape index (κ2) is 9.08. The first-order chi connectivity index (χ1) is 12.1. The summed E-state index contributed by atoms with van der Waals surface area (Å²) in [5, 5.41) is 6.04. The lowest BCUT2D eigenvalue weighted by Crippen LogP contribution is -2.26. The predicted molar refractivity (Wildman–Crippen MR) is 99.6 cm³/mol. The number of hydrogen-bond acceptors (Lipinski definition) is 3. The second-order valence-electron chi connectivity index (χ2n) is 5.45. The van der Waals surface area contributed by atoms with Gasteiger partial charge in [0.15, 0.2) is 0 Å². The summed E-state index contributed by atoms with van der Waals surface area (Å²) >= 11 is 5.97. The van der Waals surface area contributed by atoms with Crippen LogP contribution in [0.2, 0.25) is 5.02 Å². The fourth-order valence-electron chi connectivity index (χ4n) is 2.31. The zero-order chi connectivity index (χ0) is 18.2. The van der Waals surface area contributed by atoms with E-state index in [1.807, 2.05) is 0 Å².